The molecule has 1 N–H and O–H groups in total. The lowest BCUT2D eigenvalue weighted by atomic mass is 9.92. The zero-order valence-electron chi connectivity index (χ0n) is 13.6. The van der Waals surface area contributed by atoms with Crippen molar-refractivity contribution in [3.8, 4) is 0 Å². The number of hydrogen-bond donors (Lipinski definition) is 1. The Morgan fingerprint density at radius 2 is 1.96 bits per heavy atom. The van der Waals surface area contributed by atoms with E-state index in [4.69, 9.17) is 4.42 Å². The Labute approximate surface area is 141 Å². The summed E-state index contributed by atoms with van der Waals surface area (Å²) >= 11 is 0. The van der Waals surface area contributed by atoms with Crippen molar-refractivity contribution >= 4 is 11.8 Å². The van der Waals surface area contributed by atoms with Crippen LogP contribution in [0.4, 0.5) is 0 Å². The number of likely N-dealkylation sites (tertiary alicyclic amines) is 1. The lowest BCUT2D eigenvalue weighted by molar-refractivity contribution is -0.130. The maximum atomic E-state index is 12.4. The molecule has 0 unspecified atom stereocenters. The van der Waals surface area contributed by atoms with E-state index < -0.39 is 0 Å². The van der Waals surface area contributed by atoms with Crippen LogP contribution in [0.3, 0.4) is 0 Å². The predicted molar refractivity (Wildman–Crippen MR) is 90.7 cm³/mol. The largest absolute Gasteiger partial charge is 0.472 e. The zero-order chi connectivity index (χ0) is 16.8. The third-order valence-corrected chi connectivity index (χ3v) is 4.54. The molecule has 2 heterocycles. The number of hydrogen-bond acceptors (Lipinski definition) is 3. The van der Waals surface area contributed by atoms with Crippen LogP contribution in [-0.2, 0) is 4.79 Å². The van der Waals surface area contributed by atoms with E-state index in [1.807, 2.05) is 11.0 Å². The summed E-state index contributed by atoms with van der Waals surface area (Å²) in [7, 11) is 0. The number of nitrogens with one attached hydrogen (secondary N) is 1. The molecule has 1 saturated heterocycles. The molecule has 2 amide bonds. The van der Waals surface area contributed by atoms with E-state index in [1.54, 1.807) is 6.07 Å². The highest BCUT2D eigenvalue weighted by molar-refractivity contribution is 5.96. The van der Waals surface area contributed by atoms with Crippen LogP contribution >= 0.6 is 0 Å². The number of carbonyl (C=O) groups excluding carboxylic acids is 2. The molecule has 0 bridgehead atoms. The minimum atomic E-state index is -0.283. The summed E-state index contributed by atoms with van der Waals surface area (Å²) in [6, 6.07) is 12.1. The van der Waals surface area contributed by atoms with Gasteiger partial charge in [-0.1, -0.05) is 30.3 Å². The van der Waals surface area contributed by atoms with Crippen molar-refractivity contribution in [1.82, 2.24) is 10.2 Å². The number of rotatable bonds is 4. The molecule has 24 heavy (non-hydrogen) atoms. The van der Waals surface area contributed by atoms with Crippen LogP contribution in [0.15, 0.2) is 53.3 Å². The minimum Gasteiger partial charge on any atom is -0.472 e. The van der Waals surface area contributed by atoms with Crippen LogP contribution in [0.1, 0.15) is 41.1 Å². The van der Waals surface area contributed by atoms with E-state index in [9.17, 15) is 9.59 Å². The highest BCUT2D eigenvalue weighted by Crippen LogP contribution is 2.27. The zero-order valence-corrected chi connectivity index (χ0v) is 13.6. The van der Waals surface area contributed by atoms with Gasteiger partial charge in [-0.15, -0.1) is 0 Å². The molecule has 0 saturated carbocycles. The van der Waals surface area contributed by atoms with Crippen molar-refractivity contribution in [3.63, 3.8) is 0 Å². The summed E-state index contributed by atoms with van der Waals surface area (Å²) in [5, 5.41) is 2.66. The molecule has 1 atom stereocenters. The maximum absolute atomic E-state index is 12.4. The summed E-state index contributed by atoms with van der Waals surface area (Å²) in [5.41, 5.74) is 1.78. The third-order valence-electron chi connectivity index (χ3n) is 4.54. The topological polar surface area (TPSA) is 62.6 Å². The molecule has 1 aromatic heterocycles. The van der Waals surface area contributed by atoms with E-state index in [0.717, 1.165) is 32.4 Å². The van der Waals surface area contributed by atoms with Crippen molar-refractivity contribution in [3.05, 3.63) is 60.1 Å². The number of amides is 2. The first kappa shape index (κ1) is 16.3. The lowest BCUT2D eigenvalue weighted by Gasteiger charge is -2.21. The van der Waals surface area contributed by atoms with Gasteiger partial charge in [-0.2, -0.15) is 0 Å². The molecule has 126 valence electrons. The smallest absolute Gasteiger partial charge is 0.254 e. The quantitative estimate of drug-likeness (QED) is 0.940. The first-order valence-corrected chi connectivity index (χ1v) is 8.37. The van der Waals surface area contributed by atoms with Crippen molar-refractivity contribution in [2.45, 2.75) is 25.2 Å². The van der Waals surface area contributed by atoms with Crippen LogP contribution in [0.5, 0.6) is 0 Å². The van der Waals surface area contributed by atoms with Crippen LogP contribution < -0.4 is 5.32 Å². The van der Waals surface area contributed by atoms with E-state index in [0.29, 0.717) is 11.5 Å². The summed E-state index contributed by atoms with van der Waals surface area (Å²) in [5.74, 6) is 0.194. The van der Waals surface area contributed by atoms with Crippen LogP contribution in [0.25, 0.3) is 0 Å². The number of furan rings is 1. The lowest BCUT2D eigenvalue weighted by Crippen LogP contribution is -2.40. The van der Waals surface area contributed by atoms with Crippen molar-refractivity contribution < 1.29 is 14.0 Å². The Balaban J connectivity index is 1.50. The Hall–Kier alpha value is -2.56. The Kier molecular flexibility index (Phi) is 5.31. The summed E-state index contributed by atoms with van der Waals surface area (Å²) in [6.07, 6.45) is 5.85. The van der Waals surface area contributed by atoms with Gasteiger partial charge in [-0.05, 0) is 36.8 Å². The predicted octanol–water partition coefficient (Wildman–Crippen LogP) is 2.81. The number of carbonyl (C=O) groups is 2. The van der Waals surface area contributed by atoms with Gasteiger partial charge < -0.3 is 14.6 Å². The van der Waals surface area contributed by atoms with Gasteiger partial charge in [0.2, 0.25) is 5.91 Å². The molecule has 0 spiro atoms. The second-order valence-corrected chi connectivity index (χ2v) is 6.11. The Morgan fingerprint density at radius 1 is 1.12 bits per heavy atom. The highest BCUT2D eigenvalue weighted by Gasteiger charge is 2.22. The van der Waals surface area contributed by atoms with Gasteiger partial charge in [0.05, 0.1) is 18.4 Å². The molecule has 5 heteroatoms. The molecule has 0 radical (unpaired) electrons. The van der Waals surface area contributed by atoms with Crippen molar-refractivity contribution in [2.24, 2.45) is 0 Å². The van der Waals surface area contributed by atoms with Gasteiger partial charge in [-0.25, -0.2) is 0 Å². The van der Waals surface area contributed by atoms with Gasteiger partial charge in [0.15, 0.2) is 0 Å². The van der Waals surface area contributed by atoms with Gasteiger partial charge in [0, 0.05) is 13.1 Å². The monoisotopic (exact) mass is 326 g/mol. The first-order chi connectivity index (χ1) is 11.7. The van der Waals surface area contributed by atoms with Gasteiger partial charge in [0.25, 0.3) is 5.91 Å². The molecule has 0 aliphatic carbocycles. The van der Waals surface area contributed by atoms with Gasteiger partial charge in [-0.3, -0.25) is 9.59 Å². The Bertz CT molecular complexity index is 667. The second kappa shape index (κ2) is 7.81. The van der Waals surface area contributed by atoms with E-state index in [2.05, 4.69) is 29.6 Å². The van der Waals surface area contributed by atoms with E-state index in [1.165, 1.54) is 18.1 Å². The number of benzene rings is 1. The second-order valence-electron chi connectivity index (χ2n) is 6.11. The molecule has 1 aliphatic heterocycles. The van der Waals surface area contributed by atoms with Crippen molar-refractivity contribution in [1.29, 1.82) is 0 Å². The normalized spacial score (nSPS) is 18.0. The van der Waals surface area contributed by atoms with Crippen molar-refractivity contribution in [2.75, 3.05) is 19.6 Å². The molecule has 1 fully saturated rings. The molecule has 2 aromatic rings. The maximum Gasteiger partial charge on any atom is 0.254 e. The number of nitrogens with zero attached hydrogens (tertiary/aromatic N) is 1. The molecular formula is C19H22N2O3. The van der Waals surface area contributed by atoms with E-state index >= 15 is 0 Å². The van der Waals surface area contributed by atoms with Crippen LogP contribution in [-0.4, -0.2) is 36.3 Å². The molecule has 5 nitrogen and oxygen atoms in total. The average molecular weight is 326 g/mol. The fraction of sp³-hybridized carbons (Fsp3) is 0.368. The standard InChI is InChI=1S/C19H22N2O3/c22-18(13-20-19(23)17-9-12-24-14-17)21-10-4-7-16(8-11-21)15-5-2-1-3-6-15/h1-3,5-6,9,12,14,16H,4,7-8,10-11,13H2,(H,20,23)/t16-/m0/s1. The molecule has 3 rings (SSSR count). The fourth-order valence-corrected chi connectivity index (χ4v) is 3.17. The van der Waals surface area contributed by atoms with E-state index in [-0.39, 0.29) is 18.4 Å². The summed E-state index contributed by atoms with van der Waals surface area (Å²) in [4.78, 5) is 26.1. The molecular weight excluding hydrogens is 304 g/mol. The molecule has 1 aliphatic rings. The van der Waals surface area contributed by atoms with Gasteiger partial charge in [0.1, 0.15) is 6.26 Å². The fourth-order valence-electron chi connectivity index (χ4n) is 3.17. The van der Waals surface area contributed by atoms with Crippen LogP contribution in [0.2, 0.25) is 0 Å². The average Bonchev–Trinajstić information content (AvgIpc) is 3.05. The highest BCUT2D eigenvalue weighted by atomic mass is 16.3. The SMILES string of the molecule is O=C(NCC(=O)N1CCC[C@H](c2ccccc2)CC1)c1ccoc1. The minimum absolute atomic E-state index is 0.0273. The Morgan fingerprint density at radius 3 is 2.71 bits per heavy atom. The summed E-state index contributed by atoms with van der Waals surface area (Å²) < 4.78 is 4.87. The molecule has 1 aromatic carbocycles. The van der Waals surface area contributed by atoms with Crippen LogP contribution in [0, 0.1) is 0 Å². The first-order valence-electron chi connectivity index (χ1n) is 8.37. The third kappa shape index (κ3) is 4.04. The van der Waals surface area contributed by atoms with Gasteiger partial charge >= 0.3 is 0 Å². The summed E-state index contributed by atoms with van der Waals surface area (Å²) in [6.45, 7) is 1.52.